The molecule has 0 aromatic heterocycles. The Kier molecular flexibility index (Phi) is 7.74. The fraction of sp³-hybridized carbons (Fsp3) is 0.600. The van der Waals surface area contributed by atoms with Gasteiger partial charge in [-0.25, -0.2) is 4.79 Å². The normalized spacial score (nSPS) is 26.5. The van der Waals surface area contributed by atoms with Crippen molar-refractivity contribution in [3.63, 3.8) is 0 Å². The Morgan fingerprint density at radius 2 is 1.83 bits per heavy atom. The Morgan fingerprint density at radius 3 is 2.34 bits per heavy atom. The van der Waals surface area contributed by atoms with Crippen molar-refractivity contribution in [1.29, 1.82) is 0 Å². The number of imide groups is 1. The Bertz CT molecular complexity index is 1020. The molecule has 3 rings (SSSR count). The van der Waals surface area contributed by atoms with E-state index in [1.165, 1.54) is 32.3 Å². The summed E-state index contributed by atoms with van der Waals surface area (Å²) in [5.41, 5.74) is -1.38. The average Bonchev–Trinajstić information content (AvgIpc) is 3.35. The first-order valence-corrected chi connectivity index (χ1v) is 11.8. The summed E-state index contributed by atoms with van der Waals surface area (Å²) < 4.78 is 15.8. The summed E-state index contributed by atoms with van der Waals surface area (Å²) in [6.45, 7) is 5.75. The number of nitrogens with one attached hydrogen (secondary N) is 1. The molecule has 10 nitrogen and oxygen atoms in total. The zero-order valence-electron chi connectivity index (χ0n) is 21.0. The van der Waals surface area contributed by atoms with Gasteiger partial charge in [0.05, 0.1) is 33.2 Å². The van der Waals surface area contributed by atoms with Crippen LogP contribution in [0.5, 0.6) is 11.5 Å². The second-order valence-corrected chi connectivity index (χ2v) is 9.08. The number of methoxy groups -OCH3 is 3. The highest BCUT2D eigenvalue weighted by molar-refractivity contribution is 6.10. The number of likely N-dealkylation sites (tertiary alicyclic amines) is 1. The number of ether oxygens (including phenoxy) is 3. The van der Waals surface area contributed by atoms with Crippen molar-refractivity contribution in [3.05, 3.63) is 23.3 Å². The van der Waals surface area contributed by atoms with E-state index in [0.717, 1.165) is 6.42 Å². The number of nitrogens with zero attached hydrogens (tertiary/aromatic N) is 1. The van der Waals surface area contributed by atoms with Gasteiger partial charge in [0.2, 0.25) is 11.8 Å². The Balaban J connectivity index is 2.31. The molecule has 0 saturated carbocycles. The first kappa shape index (κ1) is 26.5. The Labute approximate surface area is 204 Å². The predicted molar refractivity (Wildman–Crippen MR) is 125 cm³/mol. The minimum atomic E-state index is -1.71. The van der Waals surface area contributed by atoms with Crippen molar-refractivity contribution < 1.29 is 38.5 Å². The predicted octanol–water partition coefficient (Wildman–Crippen LogP) is 2.41. The number of fused-ring (bicyclic) bond motifs is 1. The van der Waals surface area contributed by atoms with E-state index in [1.807, 2.05) is 13.8 Å². The van der Waals surface area contributed by atoms with Gasteiger partial charge in [-0.1, -0.05) is 33.6 Å². The highest BCUT2D eigenvalue weighted by Gasteiger charge is 2.70. The van der Waals surface area contributed by atoms with Gasteiger partial charge < -0.3 is 19.3 Å². The summed E-state index contributed by atoms with van der Waals surface area (Å²) in [4.78, 5) is 54.1. The number of carbonyl (C=O) groups excluding carboxylic acids is 3. The molecule has 1 aromatic rings. The molecule has 2 aliphatic rings. The Hall–Kier alpha value is -3.14. The number of unbranched alkanes of at least 4 members (excludes halogenated alkanes) is 1. The summed E-state index contributed by atoms with van der Waals surface area (Å²) >= 11 is 0. The third-order valence-corrected chi connectivity index (χ3v) is 7.45. The highest BCUT2D eigenvalue weighted by atomic mass is 16.5. The minimum Gasteiger partial charge on any atom is -0.497 e. The van der Waals surface area contributed by atoms with Crippen LogP contribution in [0.15, 0.2) is 12.1 Å². The third-order valence-electron chi connectivity index (χ3n) is 7.45. The molecule has 2 heterocycles. The van der Waals surface area contributed by atoms with Crippen molar-refractivity contribution in [1.82, 2.24) is 10.2 Å². The van der Waals surface area contributed by atoms with Gasteiger partial charge >= 0.3 is 11.9 Å². The van der Waals surface area contributed by atoms with Crippen LogP contribution in [0.1, 0.15) is 62.0 Å². The van der Waals surface area contributed by atoms with E-state index in [-0.39, 0.29) is 23.4 Å². The van der Waals surface area contributed by atoms with Gasteiger partial charge in [0, 0.05) is 18.7 Å². The van der Waals surface area contributed by atoms with E-state index in [4.69, 9.17) is 14.2 Å². The van der Waals surface area contributed by atoms with Crippen LogP contribution >= 0.6 is 0 Å². The Morgan fingerprint density at radius 1 is 1.14 bits per heavy atom. The fourth-order valence-electron chi connectivity index (χ4n) is 5.44. The molecule has 0 bridgehead atoms. The van der Waals surface area contributed by atoms with Crippen LogP contribution in [-0.4, -0.2) is 67.2 Å². The van der Waals surface area contributed by atoms with Gasteiger partial charge in [0.25, 0.3) is 0 Å². The molecule has 2 amide bonds. The van der Waals surface area contributed by atoms with Gasteiger partial charge in [-0.15, -0.1) is 0 Å². The molecule has 10 heteroatoms. The van der Waals surface area contributed by atoms with Crippen LogP contribution in [-0.2, 0) is 19.1 Å². The lowest BCUT2D eigenvalue weighted by Crippen LogP contribution is -2.59. The lowest BCUT2D eigenvalue weighted by atomic mass is 9.71. The monoisotopic (exact) mass is 490 g/mol. The summed E-state index contributed by atoms with van der Waals surface area (Å²) in [5.74, 6) is -5.02. The molecule has 2 saturated heterocycles. The first-order chi connectivity index (χ1) is 16.6. The summed E-state index contributed by atoms with van der Waals surface area (Å²) in [6, 6.07) is 2.10. The number of rotatable bonds is 10. The maximum Gasteiger partial charge on any atom is 0.341 e. The topological polar surface area (TPSA) is 131 Å². The summed E-state index contributed by atoms with van der Waals surface area (Å²) in [7, 11) is 4.05. The minimum absolute atomic E-state index is 0.0460. The van der Waals surface area contributed by atoms with E-state index in [0.29, 0.717) is 18.6 Å². The largest absolute Gasteiger partial charge is 0.497 e. The molecule has 5 atom stereocenters. The molecule has 2 aliphatic heterocycles. The van der Waals surface area contributed by atoms with E-state index < -0.39 is 53.1 Å². The average molecular weight is 491 g/mol. The number of benzene rings is 1. The number of carbonyl (C=O) groups is 4. The second kappa shape index (κ2) is 10.2. The lowest BCUT2D eigenvalue weighted by Gasteiger charge is -2.36. The fourth-order valence-corrected chi connectivity index (χ4v) is 5.44. The van der Waals surface area contributed by atoms with Crippen LogP contribution < -0.4 is 14.8 Å². The number of carboxylic acid groups (broad SMARTS) is 1. The molecular weight excluding hydrogens is 456 g/mol. The quantitative estimate of drug-likeness (QED) is 0.375. The first-order valence-electron chi connectivity index (χ1n) is 11.8. The molecule has 5 unspecified atom stereocenters. The zero-order valence-corrected chi connectivity index (χ0v) is 21.0. The standard InChI is InChI=1S/C25H34N2O8/c1-7-9-10-27-21(28)18-19(22(27)29)25(24(31)32,13(3)8-2)26-20(18)15-11-14(33-4)12-16(34-5)17(15)23(30)35-6/h11-13,18-20,26H,7-10H2,1-6H3,(H,31,32). The molecule has 35 heavy (non-hydrogen) atoms. The van der Waals surface area contributed by atoms with Crippen LogP contribution in [0.25, 0.3) is 0 Å². The molecule has 2 fully saturated rings. The smallest absolute Gasteiger partial charge is 0.341 e. The number of aliphatic carboxylic acids is 1. The van der Waals surface area contributed by atoms with Crippen LogP contribution in [0, 0.1) is 17.8 Å². The van der Waals surface area contributed by atoms with E-state index in [2.05, 4.69) is 5.32 Å². The van der Waals surface area contributed by atoms with E-state index >= 15 is 0 Å². The molecule has 0 radical (unpaired) electrons. The number of carboxylic acids is 1. The summed E-state index contributed by atoms with van der Waals surface area (Å²) in [5, 5.41) is 13.6. The number of esters is 1. The van der Waals surface area contributed by atoms with Crippen molar-refractivity contribution in [2.24, 2.45) is 17.8 Å². The van der Waals surface area contributed by atoms with Crippen LogP contribution in [0.2, 0.25) is 0 Å². The molecule has 2 N–H and O–H groups in total. The van der Waals surface area contributed by atoms with Crippen LogP contribution in [0.4, 0.5) is 0 Å². The highest BCUT2D eigenvalue weighted by Crippen LogP contribution is 2.53. The maximum atomic E-state index is 13.7. The van der Waals surface area contributed by atoms with Crippen molar-refractivity contribution in [2.45, 2.75) is 51.6 Å². The van der Waals surface area contributed by atoms with Gasteiger partial charge in [-0.3, -0.25) is 24.6 Å². The molecule has 192 valence electrons. The molecule has 0 spiro atoms. The number of amides is 2. The van der Waals surface area contributed by atoms with Crippen molar-refractivity contribution in [3.8, 4) is 11.5 Å². The van der Waals surface area contributed by atoms with Crippen LogP contribution in [0.3, 0.4) is 0 Å². The zero-order chi connectivity index (χ0) is 26.1. The molecule has 0 aliphatic carbocycles. The van der Waals surface area contributed by atoms with Gasteiger partial charge in [-0.05, 0) is 24.0 Å². The van der Waals surface area contributed by atoms with E-state index in [1.54, 1.807) is 13.0 Å². The van der Waals surface area contributed by atoms with E-state index in [9.17, 15) is 24.3 Å². The summed E-state index contributed by atoms with van der Waals surface area (Å²) in [6.07, 6.45) is 1.83. The van der Waals surface area contributed by atoms with Crippen molar-refractivity contribution in [2.75, 3.05) is 27.9 Å². The molecular formula is C25H34N2O8. The van der Waals surface area contributed by atoms with Gasteiger partial charge in [0.1, 0.15) is 22.6 Å². The van der Waals surface area contributed by atoms with Gasteiger partial charge in [-0.2, -0.15) is 0 Å². The number of hydrogen-bond donors (Lipinski definition) is 2. The second-order valence-electron chi connectivity index (χ2n) is 9.08. The SMILES string of the molecule is CCCCN1C(=O)C2C(c3cc(OC)cc(OC)c3C(=O)OC)NC(C(=O)O)(C(C)CC)C2C1=O. The lowest BCUT2D eigenvalue weighted by molar-refractivity contribution is -0.154. The van der Waals surface area contributed by atoms with Crippen molar-refractivity contribution >= 4 is 23.8 Å². The number of hydrogen-bond acceptors (Lipinski definition) is 8. The third kappa shape index (κ3) is 4.03. The maximum absolute atomic E-state index is 13.7. The van der Waals surface area contributed by atoms with Gasteiger partial charge in [0.15, 0.2) is 0 Å². The molecule has 1 aromatic carbocycles.